The van der Waals surface area contributed by atoms with E-state index < -0.39 is 0 Å². The Balaban J connectivity index is 2.80. The van der Waals surface area contributed by atoms with Gasteiger partial charge in [-0.3, -0.25) is 9.59 Å². The van der Waals surface area contributed by atoms with Crippen molar-refractivity contribution in [2.24, 2.45) is 0 Å². The Morgan fingerprint density at radius 2 is 1.89 bits per heavy atom. The second-order valence-electron chi connectivity index (χ2n) is 4.19. The highest BCUT2D eigenvalue weighted by Gasteiger charge is 2.16. The first-order valence-corrected chi connectivity index (χ1v) is 6.13. The molecule has 1 aromatic rings. The minimum absolute atomic E-state index is 0.0494. The molecule has 0 atom stereocenters. The summed E-state index contributed by atoms with van der Waals surface area (Å²) in [6.45, 7) is 0.0494. The Bertz CT molecular complexity index is 474. The summed E-state index contributed by atoms with van der Waals surface area (Å²) in [7, 11) is 4.90. The molecule has 5 nitrogen and oxygen atoms in total. The molecule has 1 rings (SSSR count). The van der Waals surface area contributed by atoms with E-state index in [9.17, 15) is 9.59 Å². The number of nitrogens with zero attached hydrogens (tertiary/aromatic N) is 2. The molecule has 98 valence electrons. The van der Waals surface area contributed by atoms with Crippen LogP contribution in [-0.2, 0) is 4.79 Å². The standard InChI is InChI=1S/C12H16BrN3O2/c1-15(2)11(17)7-16(3)12(18)8-4-5-10(14)9(13)6-8/h4-6H,7,14H2,1-3H3. The smallest absolute Gasteiger partial charge is 0.254 e. The summed E-state index contributed by atoms with van der Waals surface area (Å²) < 4.78 is 0.667. The number of carbonyl (C=O) groups is 2. The average molecular weight is 314 g/mol. The van der Waals surface area contributed by atoms with Crippen LogP contribution in [0.4, 0.5) is 5.69 Å². The summed E-state index contributed by atoms with van der Waals surface area (Å²) in [5, 5.41) is 0. The van der Waals surface area contributed by atoms with E-state index in [2.05, 4.69) is 15.9 Å². The van der Waals surface area contributed by atoms with E-state index >= 15 is 0 Å². The Morgan fingerprint density at radius 3 is 2.39 bits per heavy atom. The molecule has 0 unspecified atom stereocenters. The summed E-state index contributed by atoms with van der Waals surface area (Å²) in [5.74, 6) is -0.341. The number of benzene rings is 1. The van der Waals surface area contributed by atoms with Crippen molar-refractivity contribution in [2.45, 2.75) is 0 Å². The lowest BCUT2D eigenvalue weighted by atomic mass is 10.2. The third-order valence-electron chi connectivity index (χ3n) is 2.47. The molecular weight excluding hydrogens is 298 g/mol. The molecular formula is C12H16BrN3O2. The zero-order valence-corrected chi connectivity index (χ0v) is 12.2. The van der Waals surface area contributed by atoms with Crippen molar-refractivity contribution in [3.05, 3.63) is 28.2 Å². The maximum atomic E-state index is 12.1. The van der Waals surface area contributed by atoms with Crippen LogP contribution in [0.3, 0.4) is 0 Å². The van der Waals surface area contributed by atoms with Gasteiger partial charge in [-0.05, 0) is 34.1 Å². The Hall–Kier alpha value is -1.56. The first-order valence-electron chi connectivity index (χ1n) is 5.33. The van der Waals surface area contributed by atoms with Crippen molar-refractivity contribution in [1.82, 2.24) is 9.80 Å². The van der Waals surface area contributed by atoms with Gasteiger partial charge in [-0.2, -0.15) is 0 Å². The molecule has 6 heteroatoms. The van der Waals surface area contributed by atoms with Crippen LogP contribution in [0.1, 0.15) is 10.4 Å². The number of rotatable bonds is 3. The molecule has 0 spiro atoms. The summed E-state index contributed by atoms with van der Waals surface area (Å²) in [6, 6.07) is 4.94. The van der Waals surface area contributed by atoms with Crippen molar-refractivity contribution >= 4 is 33.4 Å². The van der Waals surface area contributed by atoms with Gasteiger partial charge in [-0.15, -0.1) is 0 Å². The number of carbonyl (C=O) groups excluding carboxylic acids is 2. The first kappa shape index (κ1) is 14.5. The highest BCUT2D eigenvalue weighted by Crippen LogP contribution is 2.21. The number of likely N-dealkylation sites (N-methyl/N-ethyl adjacent to an activating group) is 2. The van der Waals surface area contributed by atoms with Gasteiger partial charge in [-0.1, -0.05) is 0 Å². The highest BCUT2D eigenvalue weighted by atomic mass is 79.9. The number of halogens is 1. The lowest BCUT2D eigenvalue weighted by Crippen LogP contribution is -2.37. The fourth-order valence-corrected chi connectivity index (χ4v) is 1.68. The number of amides is 2. The van der Waals surface area contributed by atoms with E-state index in [0.29, 0.717) is 15.7 Å². The molecule has 0 saturated heterocycles. The van der Waals surface area contributed by atoms with Crippen molar-refractivity contribution in [3.8, 4) is 0 Å². The summed E-state index contributed by atoms with van der Waals surface area (Å²) >= 11 is 3.27. The van der Waals surface area contributed by atoms with Gasteiger partial charge in [0.1, 0.15) is 0 Å². The molecule has 0 saturated carbocycles. The second kappa shape index (κ2) is 5.86. The molecule has 2 N–H and O–H groups in total. The van der Waals surface area contributed by atoms with Crippen LogP contribution in [0.25, 0.3) is 0 Å². The van der Waals surface area contributed by atoms with Crippen LogP contribution in [0.2, 0.25) is 0 Å². The average Bonchev–Trinajstić information content (AvgIpc) is 2.31. The molecule has 0 aromatic heterocycles. The second-order valence-corrected chi connectivity index (χ2v) is 5.04. The predicted octanol–water partition coefficient (Wildman–Crippen LogP) is 1.19. The predicted molar refractivity (Wildman–Crippen MR) is 74.2 cm³/mol. The normalized spacial score (nSPS) is 10.0. The molecule has 0 aliphatic rings. The van der Waals surface area contributed by atoms with Crippen LogP contribution in [-0.4, -0.2) is 49.3 Å². The van der Waals surface area contributed by atoms with Crippen molar-refractivity contribution in [2.75, 3.05) is 33.4 Å². The summed E-state index contributed by atoms with van der Waals surface area (Å²) in [4.78, 5) is 26.4. The fraction of sp³-hybridized carbons (Fsp3) is 0.333. The molecule has 0 heterocycles. The maximum Gasteiger partial charge on any atom is 0.254 e. The topological polar surface area (TPSA) is 66.6 Å². The van der Waals surface area contributed by atoms with E-state index in [0.717, 1.165) is 0 Å². The summed E-state index contributed by atoms with van der Waals surface area (Å²) in [6.07, 6.45) is 0. The van der Waals surface area contributed by atoms with Crippen molar-refractivity contribution in [3.63, 3.8) is 0 Å². The van der Waals surface area contributed by atoms with E-state index in [1.165, 1.54) is 9.80 Å². The first-order chi connectivity index (χ1) is 8.32. The van der Waals surface area contributed by atoms with Crippen LogP contribution in [0.5, 0.6) is 0 Å². The van der Waals surface area contributed by atoms with Gasteiger partial charge in [0.2, 0.25) is 5.91 Å². The maximum absolute atomic E-state index is 12.1. The number of nitrogen functional groups attached to an aromatic ring is 1. The fourth-order valence-electron chi connectivity index (χ4n) is 1.30. The van der Waals surface area contributed by atoms with Gasteiger partial charge in [0.05, 0.1) is 6.54 Å². The van der Waals surface area contributed by atoms with Crippen LogP contribution in [0, 0.1) is 0 Å². The van der Waals surface area contributed by atoms with E-state index in [1.807, 2.05) is 0 Å². The zero-order chi connectivity index (χ0) is 13.9. The minimum Gasteiger partial charge on any atom is -0.398 e. The van der Waals surface area contributed by atoms with Crippen molar-refractivity contribution < 1.29 is 9.59 Å². The van der Waals surface area contributed by atoms with Gasteiger partial charge < -0.3 is 15.5 Å². The number of anilines is 1. The Labute approximate surface area is 115 Å². The van der Waals surface area contributed by atoms with Crippen molar-refractivity contribution in [1.29, 1.82) is 0 Å². The Morgan fingerprint density at radius 1 is 1.28 bits per heavy atom. The third-order valence-corrected chi connectivity index (χ3v) is 3.15. The SMILES string of the molecule is CN(C)C(=O)CN(C)C(=O)c1ccc(N)c(Br)c1. The number of hydrogen-bond acceptors (Lipinski definition) is 3. The molecule has 1 aromatic carbocycles. The molecule has 0 aliphatic heterocycles. The lowest BCUT2D eigenvalue weighted by molar-refractivity contribution is -0.129. The van der Waals surface area contributed by atoms with Gasteiger partial charge in [-0.25, -0.2) is 0 Å². The minimum atomic E-state index is -0.217. The van der Waals surface area contributed by atoms with Crippen LogP contribution in [0.15, 0.2) is 22.7 Å². The molecule has 2 amide bonds. The van der Waals surface area contributed by atoms with Gasteiger partial charge in [0, 0.05) is 36.9 Å². The van der Waals surface area contributed by atoms with Gasteiger partial charge >= 0.3 is 0 Å². The van der Waals surface area contributed by atoms with Gasteiger partial charge in [0.25, 0.3) is 5.91 Å². The molecule has 18 heavy (non-hydrogen) atoms. The lowest BCUT2D eigenvalue weighted by Gasteiger charge is -2.19. The van der Waals surface area contributed by atoms with Crippen LogP contribution >= 0.6 is 15.9 Å². The quantitative estimate of drug-likeness (QED) is 0.852. The van der Waals surface area contributed by atoms with Crippen LogP contribution < -0.4 is 5.73 Å². The monoisotopic (exact) mass is 313 g/mol. The molecule has 0 bridgehead atoms. The summed E-state index contributed by atoms with van der Waals surface area (Å²) in [5.41, 5.74) is 6.71. The van der Waals surface area contributed by atoms with Gasteiger partial charge in [0.15, 0.2) is 0 Å². The number of hydrogen-bond donors (Lipinski definition) is 1. The highest BCUT2D eigenvalue weighted by molar-refractivity contribution is 9.10. The molecule has 0 radical (unpaired) electrons. The van der Waals surface area contributed by atoms with E-state index in [1.54, 1.807) is 39.3 Å². The largest absolute Gasteiger partial charge is 0.398 e. The Kier molecular flexibility index (Phi) is 4.72. The molecule has 0 fully saturated rings. The third kappa shape index (κ3) is 3.46. The van der Waals surface area contributed by atoms with E-state index in [4.69, 9.17) is 5.73 Å². The molecule has 0 aliphatic carbocycles. The zero-order valence-electron chi connectivity index (χ0n) is 10.6. The number of nitrogens with two attached hydrogens (primary N) is 1. The van der Waals surface area contributed by atoms with E-state index in [-0.39, 0.29) is 18.4 Å².